The van der Waals surface area contributed by atoms with Gasteiger partial charge in [-0.2, -0.15) is 5.10 Å². The average Bonchev–Trinajstić information content (AvgIpc) is 2.90. The molecule has 2 heterocycles. The molecule has 102 valence electrons. The number of aryl methyl sites for hydroxylation is 2. The Morgan fingerprint density at radius 3 is 2.67 bits per heavy atom. The standard InChI is InChI=1S/C14H24ClN3/c1-5-11-13(15)12(18(4)17-11)9-14(10(2)3)7-6-8-16-14/h10,16H,5-9H2,1-4H3. The topological polar surface area (TPSA) is 29.9 Å². The fourth-order valence-corrected chi connectivity index (χ4v) is 3.35. The van der Waals surface area contributed by atoms with Gasteiger partial charge in [0.1, 0.15) is 0 Å². The summed E-state index contributed by atoms with van der Waals surface area (Å²) in [5.41, 5.74) is 2.39. The molecule has 1 N–H and O–H groups in total. The molecule has 0 aliphatic carbocycles. The molecule has 1 aromatic rings. The molecule has 1 aliphatic rings. The van der Waals surface area contributed by atoms with E-state index in [4.69, 9.17) is 11.6 Å². The first-order valence-electron chi connectivity index (χ1n) is 6.95. The minimum Gasteiger partial charge on any atom is -0.311 e. The van der Waals surface area contributed by atoms with Gasteiger partial charge in [0.05, 0.1) is 16.4 Å². The van der Waals surface area contributed by atoms with Crippen molar-refractivity contribution in [1.29, 1.82) is 0 Å². The Kier molecular flexibility index (Phi) is 4.02. The van der Waals surface area contributed by atoms with Crippen molar-refractivity contribution < 1.29 is 0 Å². The van der Waals surface area contributed by atoms with Gasteiger partial charge < -0.3 is 5.32 Å². The lowest BCUT2D eigenvalue weighted by Gasteiger charge is -2.34. The van der Waals surface area contributed by atoms with Crippen LogP contribution in [0.3, 0.4) is 0 Å². The summed E-state index contributed by atoms with van der Waals surface area (Å²) in [6.45, 7) is 7.81. The van der Waals surface area contributed by atoms with E-state index in [2.05, 4.69) is 31.2 Å². The van der Waals surface area contributed by atoms with Crippen molar-refractivity contribution in [3.05, 3.63) is 16.4 Å². The monoisotopic (exact) mass is 269 g/mol. The predicted molar refractivity (Wildman–Crippen MR) is 76.1 cm³/mol. The molecule has 1 unspecified atom stereocenters. The first kappa shape index (κ1) is 13.9. The quantitative estimate of drug-likeness (QED) is 0.911. The molecule has 4 heteroatoms. The normalized spacial score (nSPS) is 24.1. The smallest absolute Gasteiger partial charge is 0.0850 e. The highest BCUT2D eigenvalue weighted by molar-refractivity contribution is 6.31. The summed E-state index contributed by atoms with van der Waals surface area (Å²) >= 11 is 6.46. The lowest BCUT2D eigenvalue weighted by atomic mass is 9.81. The molecule has 18 heavy (non-hydrogen) atoms. The molecule has 1 aliphatic heterocycles. The lowest BCUT2D eigenvalue weighted by molar-refractivity contribution is 0.264. The molecular formula is C14H24ClN3. The van der Waals surface area contributed by atoms with Crippen LogP contribution in [0.25, 0.3) is 0 Å². The first-order valence-corrected chi connectivity index (χ1v) is 7.33. The van der Waals surface area contributed by atoms with Crippen LogP contribution in [0, 0.1) is 5.92 Å². The Balaban J connectivity index is 2.30. The summed E-state index contributed by atoms with van der Waals surface area (Å²) in [6.07, 6.45) is 4.36. The van der Waals surface area contributed by atoms with Crippen LogP contribution in [0.15, 0.2) is 0 Å². The molecule has 2 rings (SSSR count). The molecule has 0 spiro atoms. The van der Waals surface area contributed by atoms with Gasteiger partial charge in [0.25, 0.3) is 0 Å². The van der Waals surface area contributed by atoms with Crippen LogP contribution in [-0.4, -0.2) is 21.9 Å². The van der Waals surface area contributed by atoms with Crippen LogP contribution < -0.4 is 5.32 Å². The van der Waals surface area contributed by atoms with E-state index in [1.807, 2.05) is 11.7 Å². The van der Waals surface area contributed by atoms with Crippen molar-refractivity contribution in [2.45, 2.75) is 52.0 Å². The number of halogens is 1. The van der Waals surface area contributed by atoms with Gasteiger partial charge >= 0.3 is 0 Å². The molecule has 0 bridgehead atoms. The van der Waals surface area contributed by atoms with E-state index in [9.17, 15) is 0 Å². The lowest BCUT2D eigenvalue weighted by Crippen LogP contribution is -2.47. The van der Waals surface area contributed by atoms with Crippen LogP contribution in [0.1, 0.15) is 45.0 Å². The van der Waals surface area contributed by atoms with Crippen LogP contribution in [0.5, 0.6) is 0 Å². The summed E-state index contributed by atoms with van der Waals surface area (Å²) in [5.74, 6) is 0.607. The summed E-state index contributed by atoms with van der Waals surface area (Å²) in [6, 6.07) is 0. The Morgan fingerprint density at radius 2 is 2.22 bits per heavy atom. The maximum absolute atomic E-state index is 6.46. The second kappa shape index (κ2) is 5.22. The number of rotatable bonds is 4. The van der Waals surface area contributed by atoms with Gasteiger partial charge in [-0.1, -0.05) is 32.4 Å². The zero-order chi connectivity index (χ0) is 13.3. The van der Waals surface area contributed by atoms with E-state index in [-0.39, 0.29) is 5.54 Å². The van der Waals surface area contributed by atoms with Crippen molar-refractivity contribution in [3.8, 4) is 0 Å². The van der Waals surface area contributed by atoms with E-state index < -0.39 is 0 Å². The van der Waals surface area contributed by atoms with Crippen molar-refractivity contribution in [1.82, 2.24) is 15.1 Å². The molecule has 1 aromatic heterocycles. The van der Waals surface area contributed by atoms with Gasteiger partial charge in [0.15, 0.2) is 0 Å². The Bertz CT molecular complexity index is 417. The van der Waals surface area contributed by atoms with Crippen LogP contribution in [-0.2, 0) is 19.9 Å². The van der Waals surface area contributed by atoms with Gasteiger partial charge in [-0.05, 0) is 31.7 Å². The maximum atomic E-state index is 6.46. The second-order valence-corrected chi connectivity index (χ2v) is 6.08. The fourth-order valence-electron chi connectivity index (χ4n) is 2.99. The van der Waals surface area contributed by atoms with E-state index in [0.717, 1.165) is 30.1 Å². The van der Waals surface area contributed by atoms with Gasteiger partial charge in [-0.25, -0.2) is 0 Å². The van der Waals surface area contributed by atoms with Crippen molar-refractivity contribution in [2.75, 3.05) is 6.54 Å². The SMILES string of the molecule is CCc1nn(C)c(CC2(C(C)C)CCCN2)c1Cl. The molecule has 3 nitrogen and oxygen atoms in total. The van der Waals surface area contributed by atoms with Gasteiger partial charge in [0, 0.05) is 19.0 Å². The molecule has 0 radical (unpaired) electrons. The summed E-state index contributed by atoms with van der Waals surface area (Å²) < 4.78 is 1.96. The highest BCUT2D eigenvalue weighted by atomic mass is 35.5. The van der Waals surface area contributed by atoms with E-state index in [1.165, 1.54) is 18.5 Å². The molecule has 1 fully saturated rings. The Morgan fingerprint density at radius 1 is 1.50 bits per heavy atom. The van der Waals surface area contributed by atoms with Crippen molar-refractivity contribution in [3.63, 3.8) is 0 Å². The highest BCUT2D eigenvalue weighted by Gasteiger charge is 2.38. The van der Waals surface area contributed by atoms with E-state index in [1.54, 1.807) is 0 Å². The largest absolute Gasteiger partial charge is 0.311 e. The van der Waals surface area contributed by atoms with Crippen molar-refractivity contribution in [2.24, 2.45) is 13.0 Å². The van der Waals surface area contributed by atoms with Crippen LogP contribution >= 0.6 is 11.6 Å². The first-order chi connectivity index (χ1) is 8.50. The predicted octanol–water partition coefficient (Wildman–Crippen LogP) is 2.96. The van der Waals surface area contributed by atoms with Crippen LogP contribution in [0.2, 0.25) is 5.02 Å². The summed E-state index contributed by atoms with van der Waals surface area (Å²) in [4.78, 5) is 0. The summed E-state index contributed by atoms with van der Waals surface area (Å²) in [5, 5.41) is 9.09. The Labute approximate surface area is 115 Å². The van der Waals surface area contributed by atoms with Gasteiger partial charge in [-0.15, -0.1) is 0 Å². The van der Waals surface area contributed by atoms with Gasteiger partial charge in [0.2, 0.25) is 0 Å². The number of nitrogens with zero attached hydrogens (tertiary/aromatic N) is 2. The molecule has 1 atom stereocenters. The zero-order valence-electron chi connectivity index (χ0n) is 11.9. The third-order valence-electron chi connectivity index (χ3n) is 4.37. The summed E-state index contributed by atoms with van der Waals surface area (Å²) in [7, 11) is 2.00. The highest BCUT2D eigenvalue weighted by Crippen LogP contribution is 2.34. The molecule has 1 saturated heterocycles. The number of hydrogen-bond donors (Lipinski definition) is 1. The van der Waals surface area contributed by atoms with Crippen molar-refractivity contribution >= 4 is 11.6 Å². The third-order valence-corrected chi connectivity index (χ3v) is 4.80. The second-order valence-electron chi connectivity index (χ2n) is 5.70. The molecule has 0 aromatic carbocycles. The van der Waals surface area contributed by atoms with E-state index in [0.29, 0.717) is 5.92 Å². The zero-order valence-corrected chi connectivity index (χ0v) is 12.6. The average molecular weight is 270 g/mol. The minimum atomic E-state index is 0.197. The fraction of sp³-hybridized carbons (Fsp3) is 0.786. The Hall–Kier alpha value is -0.540. The molecule has 0 amide bonds. The molecular weight excluding hydrogens is 246 g/mol. The van der Waals surface area contributed by atoms with Gasteiger partial charge in [-0.3, -0.25) is 4.68 Å². The minimum absolute atomic E-state index is 0.197. The maximum Gasteiger partial charge on any atom is 0.0850 e. The number of hydrogen-bond acceptors (Lipinski definition) is 2. The number of aromatic nitrogens is 2. The van der Waals surface area contributed by atoms with E-state index >= 15 is 0 Å². The molecule has 0 saturated carbocycles. The van der Waals surface area contributed by atoms with Crippen LogP contribution in [0.4, 0.5) is 0 Å². The number of nitrogens with one attached hydrogen (secondary N) is 1. The third kappa shape index (κ3) is 2.30.